The van der Waals surface area contributed by atoms with E-state index in [0.29, 0.717) is 5.56 Å². The van der Waals surface area contributed by atoms with Gasteiger partial charge in [-0.25, -0.2) is 4.79 Å². The van der Waals surface area contributed by atoms with Crippen LogP contribution in [0.5, 0.6) is 0 Å². The molecule has 0 saturated heterocycles. The van der Waals surface area contributed by atoms with Crippen LogP contribution >= 0.6 is 0 Å². The summed E-state index contributed by atoms with van der Waals surface area (Å²) in [4.78, 5) is 23.3. The van der Waals surface area contributed by atoms with Crippen LogP contribution in [0.1, 0.15) is 12.5 Å². The van der Waals surface area contributed by atoms with Crippen LogP contribution in [0.2, 0.25) is 0 Å². The highest BCUT2D eigenvalue weighted by Gasteiger charge is 2.15. The Morgan fingerprint density at radius 1 is 1.53 bits per heavy atom. The summed E-state index contributed by atoms with van der Waals surface area (Å²) in [6.45, 7) is 1.84. The lowest BCUT2D eigenvalue weighted by molar-refractivity contribution is -0.385. The first kappa shape index (κ1) is 14.9. The second kappa shape index (κ2) is 6.69. The molecule has 0 heterocycles. The van der Waals surface area contributed by atoms with E-state index in [1.165, 1.54) is 11.0 Å². The fourth-order valence-corrected chi connectivity index (χ4v) is 1.62. The number of nitrogens with one attached hydrogen (secondary N) is 1. The van der Waals surface area contributed by atoms with Gasteiger partial charge in [0.15, 0.2) is 0 Å². The number of amides is 2. The van der Waals surface area contributed by atoms with Crippen molar-refractivity contribution in [2.75, 3.05) is 13.6 Å². The number of rotatable bonds is 5. The van der Waals surface area contributed by atoms with Gasteiger partial charge in [-0.05, 0) is 6.92 Å². The smallest absolute Gasteiger partial charge is 0.317 e. The van der Waals surface area contributed by atoms with Crippen molar-refractivity contribution in [2.45, 2.75) is 19.6 Å². The Balaban J connectivity index is 2.62. The quantitative estimate of drug-likeness (QED) is 0.617. The Bertz CT molecular complexity index is 462. The van der Waals surface area contributed by atoms with E-state index in [2.05, 4.69) is 5.32 Å². The Morgan fingerprint density at radius 2 is 2.16 bits per heavy atom. The van der Waals surface area contributed by atoms with E-state index in [4.69, 9.17) is 5.11 Å². The number of benzene rings is 1. The van der Waals surface area contributed by atoms with Gasteiger partial charge < -0.3 is 15.3 Å². The number of hydrogen-bond donors (Lipinski definition) is 2. The topological polar surface area (TPSA) is 95.7 Å². The minimum atomic E-state index is -0.623. The van der Waals surface area contributed by atoms with Crippen LogP contribution in [0.3, 0.4) is 0 Å². The highest BCUT2D eigenvalue weighted by Crippen LogP contribution is 2.17. The first-order valence-electron chi connectivity index (χ1n) is 5.81. The van der Waals surface area contributed by atoms with Gasteiger partial charge in [0.1, 0.15) is 0 Å². The molecular formula is C12H17N3O4. The Hall–Kier alpha value is -2.15. The standard InChI is InChI=1S/C12H17N3O4/c1-9(16)8-14(2)12(17)13-7-10-5-3-4-6-11(10)15(18)19/h3-6,9,16H,7-8H2,1-2H3,(H,13,17). The van der Waals surface area contributed by atoms with Gasteiger partial charge >= 0.3 is 6.03 Å². The number of nitro groups is 1. The molecule has 7 heteroatoms. The first-order chi connectivity index (χ1) is 8.91. The second-order valence-electron chi connectivity index (χ2n) is 4.27. The molecule has 0 radical (unpaired) electrons. The molecule has 1 atom stereocenters. The van der Waals surface area contributed by atoms with E-state index in [-0.39, 0.29) is 24.8 Å². The molecule has 0 fully saturated rings. The zero-order valence-electron chi connectivity index (χ0n) is 10.9. The predicted molar refractivity (Wildman–Crippen MR) is 69.6 cm³/mol. The van der Waals surface area contributed by atoms with Gasteiger partial charge in [-0.15, -0.1) is 0 Å². The Morgan fingerprint density at radius 3 is 2.74 bits per heavy atom. The number of carbonyl (C=O) groups is 1. The monoisotopic (exact) mass is 267 g/mol. The zero-order chi connectivity index (χ0) is 14.4. The third-order valence-corrected chi connectivity index (χ3v) is 2.50. The zero-order valence-corrected chi connectivity index (χ0v) is 10.9. The summed E-state index contributed by atoms with van der Waals surface area (Å²) < 4.78 is 0. The van der Waals surface area contributed by atoms with Gasteiger partial charge in [0, 0.05) is 25.2 Å². The largest absolute Gasteiger partial charge is 0.392 e. The molecule has 0 aliphatic heterocycles. The van der Waals surface area contributed by atoms with Crippen molar-refractivity contribution in [1.82, 2.24) is 10.2 Å². The number of likely N-dealkylation sites (N-methyl/N-ethyl adjacent to an activating group) is 1. The molecule has 0 spiro atoms. The van der Waals surface area contributed by atoms with Gasteiger partial charge in [0.2, 0.25) is 0 Å². The summed E-state index contributed by atoms with van der Waals surface area (Å²) >= 11 is 0. The molecule has 104 valence electrons. The predicted octanol–water partition coefficient (Wildman–Crippen LogP) is 1.12. The number of nitro benzene ring substituents is 1. The minimum Gasteiger partial charge on any atom is -0.392 e. The molecule has 0 bridgehead atoms. The van der Waals surface area contributed by atoms with Crippen molar-refractivity contribution >= 4 is 11.7 Å². The Labute approximate surface area is 111 Å². The number of aliphatic hydroxyl groups excluding tert-OH is 1. The molecule has 7 nitrogen and oxygen atoms in total. The summed E-state index contributed by atoms with van der Waals surface area (Å²) in [7, 11) is 1.54. The third kappa shape index (κ3) is 4.55. The van der Waals surface area contributed by atoms with Crippen molar-refractivity contribution in [1.29, 1.82) is 0 Å². The van der Waals surface area contributed by atoms with Crippen LogP contribution in [-0.2, 0) is 6.54 Å². The van der Waals surface area contributed by atoms with Gasteiger partial charge in [0.25, 0.3) is 5.69 Å². The lowest BCUT2D eigenvalue weighted by atomic mass is 10.2. The summed E-state index contributed by atoms with van der Waals surface area (Å²) in [5, 5.41) is 22.5. The van der Waals surface area contributed by atoms with Crippen LogP contribution in [0.15, 0.2) is 24.3 Å². The summed E-state index contributed by atoms with van der Waals surface area (Å²) in [5.74, 6) is 0. The highest BCUT2D eigenvalue weighted by molar-refractivity contribution is 5.74. The fourth-order valence-electron chi connectivity index (χ4n) is 1.62. The SMILES string of the molecule is CC(O)CN(C)C(=O)NCc1ccccc1[N+](=O)[O-]. The number of nitrogens with zero attached hydrogens (tertiary/aromatic N) is 2. The molecule has 1 rings (SSSR count). The summed E-state index contributed by atoms with van der Waals surface area (Å²) in [5.41, 5.74) is 0.410. The van der Waals surface area contributed by atoms with E-state index in [1.807, 2.05) is 0 Å². The molecule has 0 aliphatic rings. The number of carbonyl (C=O) groups excluding carboxylic acids is 1. The molecule has 0 aliphatic carbocycles. The molecular weight excluding hydrogens is 250 g/mol. The Kier molecular flexibility index (Phi) is 5.25. The average Bonchev–Trinajstić information content (AvgIpc) is 2.35. The van der Waals surface area contributed by atoms with E-state index in [9.17, 15) is 14.9 Å². The highest BCUT2D eigenvalue weighted by atomic mass is 16.6. The molecule has 19 heavy (non-hydrogen) atoms. The van der Waals surface area contributed by atoms with Crippen molar-refractivity contribution in [2.24, 2.45) is 0 Å². The summed E-state index contributed by atoms with van der Waals surface area (Å²) in [6, 6.07) is 5.84. The van der Waals surface area contributed by atoms with Crippen LogP contribution in [0, 0.1) is 10.1 Å². The first-order valence-corrected chi connectivity index (χ1v) is 5.81. The second-order valence-corrected chi connectivity index (χ2v) is 4.27. The van der Waals surface area contributed by atoms with Gasteiger partial charge in [-0.3, -0.25) is 10.1 Å². The normalized spacial score (nSPS) is 11.7. The fraction of sp³-hybridized carbons (Fsp3) is 0.417. The van der Waals surface area contributed by atoms with Crippen molar-refractivity contribution in [3.8, 4) is 0 Å². The minimum absolute atomic E-state index is 0.0269. The molecule has 0 aromatic heterocycles. The number of aliphatic hydroxyl groups is 1. The van der Waals surface area contributed by atoms with Gasteiger partial charge in [-0.1, -0.05) is 18.2 Å². The van der Waals surface area contributed by atoms with E-state index >= 15 is 0 Å². The van der Waals surface area contributed by atoms with Crippen molar-refractivity contribution in [3.63, 3.8) is 0 Å². The number of hydrogen-bond acceptors (Lipinski definition) is 4. The maximum atomic E-state index is 11.7. The number of urea groups is 1. The van der Waals surface area contributed by atoms with Crippen molar-refractivity contribution < 1.29 is 14.8 Å². The molecule has 1 unspecified atom stereocenters. The summed E-state index contributed by atoms with van der Waals surface area (Å²) in [6.07, 6.45) is -0.623. The number of para-hydroxylation sites is 1. The van der Waals surface area contributed by atoms with E-state index in [0.717, 1.165) is 0 Å². The molecule has 2 N–H and O–H groups in total. The van der Waals surface area contributed by atoms with E-state index < -0.39 is 11.0 Å². The van der Waals surface area contributed by atoms with Gasteiger partial charge in [-0.2, -0.15) is 0 Å². The molecule has 1 aromatic carbocycles. The van der Waals surface area contributed by atoms with Crippen LogP contribution < -0.4 is 5.32 Å². The molecule has 0 saturated carbocycles. The lowest BCUT2D eigenvalue weighted by Gasteiger charge is -2.19. The van der Waals surface area contributed by atoms with Crippen molar-refractivity contribution in [3.05, 3.63) is 39.9 Å². The third-order valence-electron chi connectivity index (χ3n) is 2.50. The molecule has 1 aromatic rings. The van der Waals surface area contributed by atoms with Crippen LogP contribution in [0.4, 0.5) is 10.5 Å². The molecule has 2 amide bonds. The van der Waals surface area contributed by atoms with Gasteiger partial charge in [0.05, 0.1) is 17.6 Å². The van der Waals surface area contributed by atoms with Crippen LogP contribution in [0.25, 0.3) is 0 Å². The lowest BCUT2D eigenvalue weighted by Crippen LogP contribution is -2.40. The maximum absolute atomic E-state index is 11.7. The average molecular weight is 267 g/mol. The van der Waals surface area contributed by atoms with Crippen LogP contribution in [-0.4, -0.2) is 40.7 Å². The maximum Gasteiger partial charge on any atom is 0.317 e. The van der Waals surface area contributed by atoms with E-state index in [1.54, 1.807) is 32.2 Å².